The average Bonchev–Trinajstić information content (AvgIpc) is 2.60. The number of anilines is 1. The number of hydrogen-bond donors (Lipinski definition) is 2. The number of nitrogens with one attached hydrogen (secondary N) is 1. The fourth-order valence-electron chi connectivity index (χ4n) is 0.876. The highest BCUT2D eigenvalue weighted by Gasteiger charge is 2.14. The lowest BCUT2D eigenvalue weighted by molar-refractivity contribution is -0.136. The van der Waals surface area contributed by atoms with Crippen LogP contribution >= 0.6 is 11.8 Å². The van der Waals surface area contributed by atoms with E-state index in [1.54, 1.807) is 13.0 Å². The van der Waals surface area contributed by atoms with Crippen molar-refractivity contribution >= 4 is 29.5 Å². The molecule has 0 saturated carbocycles. The number of carbonyl (C=O) groups excluding carboxylic acids is 1. The number of carbonyl (C=O) groups is 2. The maximum Gasteiger partial charge on any atom is 0.316 e. The fraction of sp³-hybridized carbons (Fsp3) is 0.444. The van der Waals surface area contributed by atoms with Gasteiger partial charge >= 0.3 is 5.97 Å². The van der Waals surface area contributed by atoms with Gasteiger partial charge in [0.2, 0.25) is 5.91 Å². The second kappa shape index (κ2) is 5.55. The van der Waals surface area contributed by atoms with Crippen LogP contribution in [-0.2, 0) is 9.59 Å². The molecule has 1 heterocycles. The smallest absolute Gasteiger partial charge is 0.316 e. The second-order valence-corrected chi connectivity index (χ2v) is 4.49. The minimum Gasteiger partial charge on any atom is -0.480 e. The summed E-state index contributed by atoms with van der Waals surface area (Å²) in [7, 11) is 0. The predicted octanol–water partition coefficient (Wildman–Crippen LogP) is 1.13. The highest BCUT2D eigenvalue weighted by molar-refractivity contribution is 8.01. The summed E-state index contributed by atoms with van der Waals surface area (Å²) in [5.74, 6) is -0.228. The van der Waals surface area contributed by atoms with E-state index in [-0.39, 0.29) is 11.7 Å². The molecule has 16 heavy (non-hydrogen) atoms. The Morgan fingerprint density at radius 1 is 1.69 bits per heavy atom. The summed E-state index contributed by atoms with van der Waals surface area (Å²) < 4.78 is 4.76. The van der Waals surface area contributed by atoms with Crippen LogP contribution in [0.3, 0.4) is 0 Å². The Labute approximate surface area is 96.4 Å². The van der Waals surface area contributed by atoms with E-state index in [1.165, 1.54) is 6.92 Å². The van der Waals surface area contributed by atoms with E-state index in [0.29, 0.717) is 11.6 Å². The van der Waals surface area contributed by atoms with Crippen LogP contribution in [0.25, 0.3) is 0 Å². The number of thioether (sulfide) groups is 1. The van der Waals surface area contributed by atoms with Crippen molar-refractivity contribution in [3.8, 4) is 0 Å². The number of aromatic nitrogens is 1. The summed E-state index contributed by atoms with van der Waals surface area (Å²) >= 11 is 1.05. The highest BCUT2D eigenvalue weighted by atomic mass is 32.2. The monoisotopic (exact) mass is 244 g/mol. The van der Waals surface area contributed by atoms with E-state index >= 15 is 0 Å². The predicted molar refractivity (Wildman–Crippen MR) is 59.4 cm³/mol. The van der Waals surface area contributed by atoms with Crippen molar-refractivity contribution in [2.45, 2.75) is 19.1 Å². The van der Waals surface area contributed by atoms with Gasteiger partial charge < -0.3 is 14.9 Å². The number of rotatable bonds is 5. The van der Waals surface area contributed by atoms with Crippen molar-refractivity contribution in [1.82, 2.24) is 5.16 Å². The van der Waals surface area contributed by atoms with Gasteiger partial charge in [0.15, 0.2) is 5.82 Å². The third-order valence-corrected chi connectivity index (χ3v) is 2.84. The van der Waals surface area contributed by atoms with Crippen LogP contribution in [0, 0.1) is 6.92 Å². The molecule has 0 fully saturated rings. The summed E-state index contributed by atoms with van der Waals surface area (Å²) in [6, 6.07) is 1.59. The van der Waals surface area contributed by atoms with E-state index in [0.717, 1.165) is 11.8 Å². The molecule has 0 radical (unpaired) electrons. The van der Waals surface area contributed by atoms with Gasteiger partial charge in [-0.3, -0.25) is 9.59 Å². The van der Waals surface area contributed by atoms with E-state index in [2.05, 4.69) is 10.5 Å². The third-order valence-electron chi connectivity index (χ3n) is 1.71. The van der Waals surface area contributed by atoms with E-state index in [9.17, 15) is 9.59 Å². The zero-order valence-corrected chi connectivity index (χ0v) is 9.71. The molecule has 1 rings (SSSR count). The van der Waals surface area contributed by atoms with Crippen LogP contribution in [0.2, 0.25) is 0 Å². The van der Waals surface area contributed by atoms with Crippen molar-refractivity contribution in [2.75, 3.05) is 11.1 Å². The number of aryl methyl sites for hydroxylation is 1. The van der Waals surface area contributed by atoms with Gasteiger partial charge in [-0.05, 0) is 13.8 Å². The number of aliphatic carboxylic acids is 1. The van der Waals surface area contributed by atoms with Crippen LogP contribution < -0.4 is 5.32 Å². The van der Waals surface area contributed by atoms with E-state index in [1.807, 2.05) is 0 Å². The van der Waals surface area contributed by atoms with Gasteiger partial charge in [0, 0.05) is 6.07 Å². The van der Waals surface area contributed by atoms with Gasteiger partial charge in [-0.1, -0.05) is 5.16 Å². The molecule has 7 heteroatoms. The van der Waals surface area contributed by atoms with Gasteiger partial charge in [-0.25, -0.2) is 0 Å². The van der Waals surface area contributed by atoms with Crippen molar-refractivity contribution < 1.29 is 19.2 Å². The molecular formula is C9H12N2O4S. The van der Waals surface area contributed by atoms with Gasteiger partial charge in [0.1, 0.15) is 5.76 Å². The van der Waals surface area contributed by atoms with Crippen molar-refractivity contribution in [3.63, 3.8) is 0 Å². The molecule has 2 N–H and O–H groups in total. The molecule has 0 aliphatic heterocycles. The number of hydrogen-bond acceptors (Lipinski definition) is 5. The summed E-state index contributed by atoms with van der Waals surface area (Å²) in [5, 5.41) is 14.1. The third kappa shape index (κ3) is 3.93. The van der Waals surface area contributed by atoms with Gasteiger partial charge in [-0.2, -0.15) is 0 Å². The minimum atomic E-state index is -0.935. The topological polar surface area (TPSA) is 92.4 Å². The minimum absolute atomic E-state index is 0.0688. The Kier molecular flexibility index (Phi) is 4.36. The summed E-state index contributed by atoms with van der Waals surface area (Å²) in [5.41, 5.74) is 0. The Morgan fingerprint density at radius 3 is 2.88 bits per heavy atom. The van der Waals surface area contributed by atoms with Crippen LogP contribution in [0.1, 0.15) is 12.7 Å². The number of carboxylic acids is 1. The fourth-order valence-corrected chi connectivity index (χ4v) is 1.49. The van der Waals surface area contributed by atoms with E-state index < -0.39 is 11.2 Å². The van der Waals surface area contributed by atoms with Crippen molar-refractivity contribution in [3.05, 3.63) is 11.8 Å². The molecule has 1 aromatic rings. The molecule has 0 aromatic carbocycles. The molecule has 6 nitrogen and oxygen atoms in total. The first-order chi connectivity index (χ1) is 7.49. The maximum absolute atomic E-state index is 11.3. The Balaban J connectivity index is 2.34. The second-order valence-electron chi connectivity index (χ2n) is 3.16. The van der Waals surface area contributed by atoms with Crippen LogP contribution in [0.4, 0.5) is 5.82 Å². The van der Waals surface area contributed by atoms with Crippen molar-refractivity contribution in [2.24, 2.45) is 0 Å². The van der Waals surface area contributed by atoms with Crippen LogP contribution in [0.15, 0.2) is 10.6 Å². The first-order valence-corrected chi connectivity index (χ1v) is 5.61. The molecule has 0 saturated heterocycles. The first kappa shape index (κ1) is 12.6. The lowest BCUT2D eigenvalue weighted by atomic mass is 10.5. The molecule has 1 aromatic heterocycles. The number of nitrogens with zero attached hydrogens (tertiary/aromatic N) is 1. The molecule has 1 unspecified atom stereocenters. The quantitative estimate of drug-likeness (QED) is 0.806. The lowest BCUT2D eigenvalue weighted by Crippen LogP contribution is -2.19. The molecule has 1 atom stereocenters. The SMILES string of the molecule is Cc1cc(NC(=O)CSC(C)C(=O)O)no1. The van der Waals surface area contributed by atoms with Crippen LogP contribution in [0.5, 0.6) is 0 Å². The standard InChI is InChI=1S/C9H12N2O4S/c1-5-3-7(11-15-5)10-8(12)4-16-6(2)9(13)14/h3,6H,4H2,1-2H3,(H,13,14)(H,10,11,12). The number of amides is 1. The normalized spacial score (nSPS) is 12.1. The Morgan fingerprint density at radius 2 is 2.38 bits per heavy atom. The highest BCUT2D eigenvalue weighted by Crippen LogP contribution is 2.12. The molecule has 1 amide bonds. The molecule has 88 valence electrons. The maximum atomic E-state index is 11.3. The Hall–Kier alpha value is -1.50. The molecule has 0 aliphatic rings. The molecular weight excluding hydrogens is 232 g/mol. The van der Waals surface area contributed by atoms with Gasteiger partial charge in [0.05, 0.1) is 11.0 Å². The van der Waals surface area contributed by atoms with Gasteiger partial charge in [0.25, 0.3) is 0 Å². The average molecular weight is 244 g/mol. The molecule has 0 spiro atoms. The van der Waals surface area contributed by atoms with Gasteiger partial charge in [-0.15, -0.1) is 11.8 Å². The summed E-state index contributed by atoms with van der Waals surface area (Å²) in [6.07, 6.45) is 0. The zero-order valence-electron chi connectivity index (χ0n) is 8.89. The molecule has 0 bridgehead atoms. The van der Waals surface area contributed by atoms with Crippen molar-refractivity contribution in [1.29, 1.82) is 0 Å². The summed E-state index contributed by atoms with van der Waals surface area (Å²) in [4.78, 5) is 21.8. The first-order valence-electron chi connectivity index (χ1n) is 4.56. The largest absolute Gasteiger partial charge is 0.480 e. The zero-order chi connectivity index (χ0) is 12.1. The van der Waals surface area contributed by atoms with Crippen LogP contribution in [-0.4, -0.2) is 33.1 Å². The van der Waals surface area contributed by atoms with E-state index in [4.69, 9.17) is 9.63 Å². The number of carboxylic acid groups (broad SMARTS) is 1. The molecule has 0 aliphatic carbocycles. The summed E-state index contributed by atoms with van der Waals surface area (Å²) in [6.45, 7) is 3.24. The Bertz CT molecular complexity index is 391. The lowest BCUT2D eigenvalue weighted by Gasteiger charge is -2.04.